The van der Waals surface area contributed by atoms with Gasteiger partial charge in [-0.15, -0.1) is 11.3 Å². The van der Waals surface area contributed by atoms with Crippen LogP contribution >= 0.6 is 38.9 Å². The van der Waals surface area contributed by atoms with Crippen molar-refractivity contribution in [2.75, 3.05) is 0 Å². The van der Waals surface area contributed by atoms with Gasteiger partial charge >= 0.3 is 0 Å². The van der Waals surface area contributed by atoms with Crippen LogP contribution in [-0.2, 0) is 6.42 Å². The van der Waals surface area contributed by atoms with Gasteiger partial charge in [0.1, 0.15) is 11.0 Å². The third kappa shape index (κ3) is 2.56. The minimum Gasteiger partial charge on any atom is -0.237 e. The molecule has 0 saturated carbocycles. The summed E-state index contributed by atoms with van der Waals surface area (Å²) in [4.78, 5) is 9.84. The molecule has 0 radical (unpaired) electrons. The lowest BCUT2D eigenvalue weighted by Crippen LogP contribution is -1.98. The van der Waals surface area contributed by atoms with Crippen molar-refractivity contribution in [1.29, 1.82) is 0 Å². The highest BCUT2D eigenvalue weighted by Crippen LogP contribution is 2.23. The maximum absolute atomic E-state index is 5.96. The Morgan fingerprint density at radius 2 is 2.27 bits per heavy atom. The molecule has 0 unspecified atom stereocenters. The van der Waals surface area contributed by atoms with E-state index in [1.807, 2.05) is 18.4 Å². The largest absolute Gasteiger partial charge is 0.237 e. The van der Waals surface area contributed by atoms with E-state index in [9.17, 15) is 0 Å². The Balaban J connectivity index is 2.30. The van der Waals surface area contributed by atoms with Crippen LogP contribution in [0, 0.1) is 6.92 Å². The number of hydrogen-bond acceptors (Lipinski definition) is 3. The van der Waals surface area contributed by atoms with Gasteiger partial charge in [-0.2, -0.15) is 0 Å². The van der Waals surface area contributed by atoms with E-state index in [1.165, 1.54) is 4.88 Å². The summed E-state index contributed by atoms with van der Waals surface area (Å²) < 4.78 is 0.777. The molecule has 2 aromatic heterocycles. The summed E-state index contributed by atoms with van der Waals surface area (Å²) in [5, 5.41) is 2.52. The zero-order valence-electron chi connectivity index (χ0n) is 8.00. The summed E-state index contributed by atoms with van der Waals surface area (Å²) in [7, 11) is 0. The molecule has 2 nitrogen and oxygen atoms in total. The molecule has 2 heterocycles. The van der Waals surface area contributed by atoms with Gasteiger partial charge in [0.25, 0.3) is 0 Å². The van der Waals surface area contributed by atoms with Crippen molar-refractivity contribution in [2.45, 2.75) is 13.3 Å². The molecular formula is C10H8BrClN2S. The number of hydrogen-bond donors (Lipinski definition) is 0. The molecule has 78 valence electrons. The number of rotatable bonds is 2. The van der Waals surface area contributed by atoms with E-state index >= 15 is 0 Å². The van der Waals surface area contributed by atoms with E-state index in [0.29, 0.717) is 5.15 Å². The molecule has 0 saturated heterocycles. The van der Waals surface area contributed by atoms with Crippen LogP contribution in [-0.4, -0.2) is 9.97 Å². The number of halogens is 2. The zero-order chi connectivity index (χ0) is 10.8. The zero-order valence-corrected chi connectivity index (χ0v) is 11.2. The van der Waals surface area contributed by atoms with Gasteiger partial charge in [-0.25, -0.2) is 9.97 Å². The standard InChI is InChI=1S/C10H8BrClN2S/c1-6-9(11)10(12)14-8(13-6)5-7-3-2-4-15-7/h2-4H,5H2,1H3. The lowest BCUT2D eigenvalue weighted by Gasteiger charge is -2.03. The second kappa shape index (κ2) is 4.60. The number of thiophene rings is 1. The first-order valence-electron chi connectivity index (χ1n) is 4.37. The van der Waals surface area contributed by atoms with Crippen LogP contribution in [0.3, 0.4) is 0 Å². The van der Waals surface area contributed by atoms with Crippen molar-refractivity contribution < 1.29 is 0 Å². The average Bonchev–Trinajstić information content (AvgIpc) is 2.66. The van der Waals surface area contributed by atoms with Crippen LogP contribution < -0.4 is 0 Å². The Bertz CT molecular complexity index is 447. The molecule has 2 aromatic rings. The lowest BCUT2D eigenvalue weighted by molar-refractivity contribution is 0.944. The van der Waals surface area contributed by atoms with E-state index < -0.39 is 0 Å². The van der Waals surface area contributed by atoms with Crippen molar-refractivity contribution in [3.8, 4) is 0 Å². The Labute approximate surface area is 105 Å². The smallest absolute Gasteiger partial charge is 0.147 e. The Morgan fingerprint density at radius 1 is 1.47 bits per heavy atom. The van der Waals surface area contributed by atoms with Crippen LogP contribution in [0.15, 0.2) is 22.0 Å². The fourth-order valence-corrected chi connectivity index (χ4v) is 2.34. The number of aromatic nitrogens is 2. The molecule has 0 aromatic carbocycles. The Morgan fingerprint density at radius 3 is 2.87 bits per heavy atom. The Kier molecular flexibility index (Phi) is 3.38. The van der Waals surface area contributed by atoms with Crippen molar-refractivity contribution >= 4 is 38.9 Å². The fraction of sp³-hybridized carbons (Fsp3) is 0.200. The van der Waals surface area contributed by atoms with Crippen molar-refractivity contribution in [2.24, 2.45) is 0 Å². The average molecular weight is 304 g/mol. The maximum atomic E-state index is 5.96. The third-order valence-corrected chi connectivity index (χ3v) is 4.26. The van der Waals surface area contributed by atoms with Gasteiger partial charge in [-0.05, 0) is 34.3 Å². The van der Waals surface area contributed by atoms with Gasteiger partial charge in [-0.3, -0.25) is 0 Å². The van der Waals surface area contributed by atoms with Gasteiger partial charge in [0.15, 0.2) is 0 Å². The van der Waals surface area contributed by atoms with Crippen LogP contribution in [0.5, 0.6) is 0 Å². The van der Waals surface area contributed by atoms with Crippen LogP contribution in [0.1, 0.15) is 16.4 Å². The molecule has 0 aliphatic carbocycles. The Hall–Kier alpha value is -0.450. The molecular weight excluding hydrogens is 296 g/mol. The normalized spacial score (nSPS) is 10.6. The van der Waals surface area contributed by atoms with Gasteiger partial charge in [0, 0.05) is 11.3 Å². The van der Waals surface area contributed by atoms with Crippen LogP contribution in [0.25, 0.3) is 0 Å². The number of nitrogens with zero attached hydrogens (tertiary/aromatic N) is 2. The van der Waals surface area contributed by atoms with Gasteiger partial charge in [-0.1, -0.05) is 17.7 Å². The maximum Gasteiger partial charge on any atom is 0.147 e. The summed E-state index contributed by atoms with van der Waals surface area (Å²) in [6.45, 7) is 1.91. The summed E-state index contributed by atoms with van der Waals surface area (Å²) >= 11 is 11.0. The molecule has 0 N–H and O–H groups in total. The molecule has 0 atom stereocenters. The first-order chi connectivity index (χ1) is 7.16. The highest BCUT2D eigenvalue weighted by molar-refractivity contribution is 9.10. The quantitative estimate of drug-likeness (QED) is 0.788. The van der Waals surface area contributed by atoms with Crippen LogP contribution in [0.4, 0.5) is 0 Å². The topological polar surface area (TPSA) is 25.8 Å². The lowest BCUT2D eigenvalue weighted by atomic mass is 10.3. The molecule has 0 aliphatic heterocycles. The summed E-state index contributed by atoms with van der Waals surface area (Å²) in [6.07, 6.45) is 0.742. The molecule has 15 heavy (non-hydrogen) atoms. The van der Waals surface area contributed by atoms with Crippen molar-refractivity contribution in [3.05, 3.63) is 43.5 Å². The van der Waals surface area contributed by atoms with Gasteiger partial charge < -0.3 is 0 Å². The van der Waals surface area contributed by atoms with Gasteiger partial charge in [0.05, 0.1) is 10.2 Å². The molecule has 0 amide bonds. The highest BCUT2D eigenvalue weighted by atomic mass is 79.9. The summed E-state index contributed by atoms with van der Waals surface area (Å²) in [6, 6.07) is 4.09. The highest BCUT2D eigenvalue weighted by Gasteiger charge is 2.08. The number of aryl methyl sites for hydroxylation is 1. The second-order valence-corrected chi connectivity index (χ2v) is 5.27. The third-order valence-electron chi connectivity index (χ3n) is 1.94. The van der Waals surface area contributed by atoms with Gasteiger partial charge in [0.2, 0.25) is 0 Å². The second-order valence-electron chi connectivity index (χ2n) is 3.09. The van der Waals surface area contributed by atoms with Crippen molar-refractivity contribution in [3.63, 3.8) is 0 Å². The first-order valence-corrected chi connectivity index (χ1v) is 6.43. The molecule has 0 spiro atoms. The molecule has 0 aliphatic rings. The van der Waals surface area contributed by atoms with E-state index in [1.54, 1.807) is 11.3 Å². The van der Waals surface area contributed by atoms with E-state index in [-0.39, 0.29) is 0 Å². The minimum absolute atomic E-state index is 0.481. The monoisotopic (exact) mass is 302 g/mol. The SMILES string of the molecule is Cc1nc(Cc2cccs2)nc(Cl)c1Br. The summed E-state index contributed by atoms with van der Waals surface area (Å²) in [5.74, 6) is 0.767. The summed E-state index contributed by atoms with van der Waals surface area (Å²) in [5.41, 5.74) is 0.876. The molecule has 0 fully saturated rings. The van der Waals surface area contributed by atoms with E-state index in [4.69, 9.17) is 11.6 Å². The van der Waals surface area contributed by atoms with Crippen molar-refractivity contribution in [1.82, 2.24) is 9.97 Å². The molecule has 5 heteroatoms. The minimum atomic E-state index is 0.481. The van der Waals surface area contributed by atoms with E-state index in [0.717, 1.165) is 22.4 Å². The van der Waals surface area contributed by atoms with Crippen LogP contribution in [0.2, 0.25) is 5.15 Å². The predicted octanol–water partition coefficient (Wildman–Crippen LogP) is 3.85. The fourth-order valence-electron chi connectivity index (χ4n) is 1.23. The molecule has 0 bridgehead atoms. The molecule has 2 rings (SSSR count). The van der Waals surface area contributed by atoms with E-state index in [2.05, 4.69) is 32.0 Å². The predicted molar refractivity (Wildman–Crippen MR) is 66.6 cm³/mol. The first kappa shape index (κ1) is 11.0.